The second kappa shape index (κ2) is 8.40. The Morgan fingerprint density at radius 3 is 1.96 bits per heavy atom. The Bertz CT molecular complexity index is 594. The van der Waals surface area contributed by atoms with Crippen molar-refractivity contribution in [3.8, 4) is 0 Å². The van der Waals surface area contributed by atoms with E-state index in [9.17, 15) is 8.42 Å². The highest BCUT2D eigenvalue weighted by molar-refractivity contribution is 7.85. The Hall–Kier alpha value is -0.990. The number of hydrogen-bond acceptors (Lipinski definition) is 5. The summed E-state index contributed by atoms with van der Waals surface area (Å²) >= 11 is 0. The molecule has 0 saturated carbocycles. The molecule has 3 atom stereocenters. The van der Waals surface area contributed by atoms with E-state index in [4.69, 9.17) is 19.8 Å². The van der Waals surface area contributed by atoms with Crippen molar-refractivity contribution in [1.29, 1.82) is 0 Å². The third-order valence-corrected chi connectivity index (χ3v) is 5.20. The van der Waals surface area contributed by atoms with Crippen LogP contribution < -0.4 is 5.73 Å². The second-order valence-corrected chi connectivity index (χ2v) is 7.92. The van der Waals surface area contributed by atoms with Crippen LogP contribution >= 0.6 is 0 Å². The zero-order chi connectivity index (χ0) is 17.7. The van der Waals surface area contributed by atoms with Crippen LogP contribution in [-0.2, 0) is 19.6 Å². The van der Waals surface area contributed by atoms with Crippen molar-refractivity contribution in [1.82, 2.24) is 0 Å². The van der Waals surface area contributed by atoms with Gasteiger partial charge in [0.15, 0.2) is 0 Å². The Labute approximate surface area is 144 Å². The molecule has 0 spiro atoms. The largest absolute Gasteiger partial charge is 0.373 e. The maximum Gasteiger partial charge on any atom is 0.294 e. The average molecular weight is 357 g/mol. The van der Waals surface area contributed by atoms with E-state index in [2.05, 4.69) is 6.92 Å². The van der Waals surface area contributed by atoms with E-state index < -0.39 is 10.1 Å². The molecule has 3 N–H and O–H groups in total. The van der Waals surface area contributed by atoms with Gasteiger partial charge in [0.2, 0.25) is 0 Å². The SMILES string of the molecule is CCC(N)C(CC1CO1)CC1CO1.Cc1ccc(S(=O)(=O)O)cc1. The molecule has 3 rings (SSSR count). The van der Waals surface area contributed by atoms with Gasteiger partial charge in [0.1, 0.15) is 0 Å². The predicted molar refractivity (Wildman–Crippen MR) is 91.5 cm³/mol. The van der Waals surface area contributed by atoms with E-state index in [1.165, 1.54) is 12.1 Å². The Kier molecular flexibility index (Phi) is 6.77. The summed E-state index contributed by atoms with van der Waals surface area (Å²) < 4.78 is 40.0. The summed E-state index contributed by atoms with van der Waals surface area (Å²) in [5.74, 6) is 0.602. The van der Waals surface area contributed by atoms with E-state index in [0.29, 0.717) is 24.2 Å². The van der Waals surface area contributed by atoms with E-state index in [0.717, 1.165) is 38.0 Å². The van der Waals surface area contributed by atoms with E-state index in [1.807, 2.05) is 6.92 Å². The predicted octanol–water partition coefficient (Wildman–Crippen LogP) is 2.16. The first-order valence-corrected chi connectivity index (χ1v) is 9.76. The van der Waals surface area contributed by atoms with Crippen LogP contribution in [-0.4, -0.2) is 44.4 Å². The van der Waals surface area contributed by atoms with Crippen molar-refractivity contribution < 1.29 is 22.4 Å². The first kappa shape index (κ1) is 19.3. The van der Waals surface area contributed by atoms with Gasteiger partial charge in [-0.05, 0) is 44.2 Å². The molecule has 3 unspecified atom stereocenters. The lowest BCUT2D eigenvalue weighted by atomic mass is 9.89. The van der Waals surface area contributed by atoms with Gasteiger partial charge in [-0.15, -0.1) is 0 Å². The minimum atomic E-state index is -4.02. The quantitative estimate of drug-likeness (QED) is 0.572. The maximum absolute atomic E-state index is 10.5. The molecule has 6 nitrogen and oxygen atoms in total. The smallest absolute Gasteiger partial charge is 0.294 e. The first-order valence-electron chi connectivity index (χ1n) is 8.32. The van der Waals surface area contributed by atoms with Crippen molar-refractivity contribution in [3.05, 3.63) is 29.8 Å². The summed E-state index contributed by atoms with van der Waals surface area (Å²) in [5, 5.41) is 0. The van der Waals surface area contributed by atoms with Gasteiger partial charge in [-0.3, -0.25) is 4.55 Å². The van der Waals surface area contributed by atoms with E-state index >= 15 is 0 Å². The fraction of sp³-hybridized carbons (Fsp3) is 0.647. The number of nitrogens with two attached hydrogens (primary N) is 1. The molecule has 0 aromatic heterocycles. The molecule has 0 radical (unpaired) electrons. The van der Waals surface area contributed by atoms with E-state index in [-0.39, 0.29) is 4.90 Å². The molecule has 136 valence electrons. The Balaban J connectivity index is 0.000000177. The molecule has 2 aliphatic heterocycles. The van der Waals surface area contributed by atoms with Crippen LogP contribution in [0, 0.1) is 12.8 Å². The fourth-order valence-corrected chi connectivity index (χ4v) is 3.05. The lowest BCUT2D eigenvalue weighted by Gasteiger charge is -2.21. The van der Waals surface area contributed by atoms with Crippen molar-refractivity contribution in [2.45, 2.75) is 56.3 Å². The summed E-state index contributed by atoms with van der Waals surface area (Å²) in [6.45, 7) is 5.88. The van der Waals surface area contributed by atoms with Gasteiger partial charge in [-0.2, -0.15) is 8.42 Å². The average Bonchev–Trinajstić information content (AvgIpc) is 3.41. The van der Waals surface area contributed by atoms with Gasteiger partial charge in [-0.25, -0.2) is 0 Å². The van der Waals surface area contributed by atoms with Gasteiger partial charge >= 0.3 is 0 Å². The normalized spacial score (nSPS) is 24.5. The zero-order valence-electron chi connectivity index (χ0n) is 14.2. The molecule has 1 aromatic carbocycles. The van der Waals surface area contributed by atoms with Crippen LogP contribution in [0.15, 0.2) is 29.2 Å². The third kappa shape index (κ3) is 6.86. The van der Waals surface area contributed by atoms with Gasteiger partial charge in [0.25, 0.3) is 10.1 Å². The monoisotopic (exact) mass is 357 g/mol. The Morgan fingerprint density at radius 1 is 1.17 bits per heavy atom. The highest BCUT2D eigenvalue weighted by atomic mass is 32.2. The molecule has 24 heavy (non-hydrogen) atoms. The standard InChI is InChI=1S/C10H19NO2.C7H8O3S/c1-2-10(11)7(3-8-5-12-8)4-9-6-13-9;1-6-2-4-7(5-3-6)11(8,9)10/h7-10H,2-6,11H2,1H3;2-5H,1H3,(H,8,9,10). The lowest BCUT2D eigenvalue weighted by molar-refractivity contribution is 0.274. The zero-order valence-corrected chi connectivity index (χ0v) is 15.0. The van der Waals surface area contributed by atoms with Crippen LogP contribution in [0.1, 0.15) is 31.7 Å². The molecule has 7 heteroatoms. The fourth-order valence-electron chi connectivity index (χ4n) is 2.57. The van der Waals surface area contributed by atoms with Crippen molar-refractivity contribution in [3.63, 3.8) is 0 Å². The number of benzene rings is 1. The molecule has 2 heterocycles. The summed E-state index contributed by atoms with van der Waals surface area (Å²) in [4.78, 5) is -0.0666. The van der Waals surface area contributed by atoms with Crippen LogP contribution in [0.3, 0.4) is 0 Å². The van der Waals surface area contributed by atoms with E-state index in [1.54, 1.807) is 12.1 Å². The molecule has 0 amide bonds. The molecule has 0 bridgehead atoms. The molecule has 2 aliphatic rings. The van der Waals surface area contributed by atoms with Crippen molar-refractivity contribution in [2.75, 3.05) is 13.2 Å². The second-order valence-electron chi connectivity index (χ2n) is 6.50. The minimum absolute atomic E-state index is 0.0666. The molecule has 1 aromatic rings. The molecule has 0 aliphatic carbocycles. The lowest BCUT2D eigenvalue weighted by Crippen LogP contribution is -2.31. The minimum Gasteiger partial charge on any atom is -0.373 e. The molecule has 2 fully saturated rings. The van der Waals surface area contributed by atoms with Crippen molar-refractivity contribution >= 4 is 10.1 Å². The number of epoxide rings is 2. The first-order chi connectivity index (χ1) is 11.3. The summed E-state index contributed by atoms with van der Waals surface area (Å²) in [7, 11) is -4.02. The number of aryl methyl sites for hydroxylation is 1. The van der Waals surface area contributed by atoms with Gasteiger partial charge in [0, 0.05) is 6.04 Å². The van der Waals surface area contributed by atoms with Gasteiger partial charge in [0.05, 0.1) is 30.3 Å². The van der Waals surface area contributed by atoms with Gasteiger partial charge < -0.3 is 15.2 Å². The van der Waals surface area contributed by atoms with Crippen molar-refractivity contribution in [2.24, 2.45) is 11.7 Å². The topological polar surface area (TPSA) is 105 Å². The Morgan fingerprint density at radius 2 is 1.62 bits per heavy atom. The number of ether oxygens (including phenoxy) is 2. The number of rotatable bonds is 7. The van der Waals surface area contributed by atoms with Crippen LogP contribution in [0.2, 0.25) is 0 Å². The molecular weight excluding hydrogens is 330 g/mol. The van der Waals surface area contributed by atoms with Crippen LogP contribution in [0.4, 0.5) is 0 Å². The summed E-state index contributed by atoms with van der Waals surface area (Å²) in [6.07, 6.45) is 4.33. The number of hydrogen-bond donors (Lipinski definition) is 2. The third-order valence-electron chi connectivity index (χ3n) is 4.33. The molecule has 2 saturated heterocycles. The van der Waals surface area contributed by atoms with Crippen LogP contribution in [0.5, 0.6) is 0 Å². The summed E-state index contributed by atoms with van der Waals surface area (Å²) in [5.41, 5.74) is 7.01. The van der Waals surface area contributed by atoms with Gasteiger partial charge in [-0.1, -0.05) is 24.6 Å². The summed E-state index contributed by atoms with van der Waals surface area (Å²) in [6, 6.07) is 6.31. The van der Waals surface area contributed by atoms with Crippen LogP contribution in [0.25, 0.3) is 0 Å². The molecular formula is C17H27NO5S. The maximum atomic E-state index is 10.5. The highest BCUT2D eigenvalue weighted by Gasteiger charge is 2.34. The highest BCUT2D eigenvalue weighted by Crippen LogP contribution is 2.29.